The van der Waals surface area contributed by atoms with E-state index in [0.29, 0.717) is 17.9 Å². The predicted octanol–water partition coefficient (Wildman–Crippen LogP) is 3.84. The van der Waals surface area contributed by atoms with Crippen molar-refractivity contribution in [2.75, 3.05) is 13.2 Å². The lowest BCUT2D eigenvalue weighted by Crippen LogP contribution is -2.35. The van der Waals surface area contributed by atoms with Crippen molar-refractivity contribution >= 4 is 50.9 Å². The van der Waals surface area contributed by atoms with Crippen molar-refractivity contribution in [2.24, 2.45) is 0 Å². The highest BCUT2D eigenvalue weighted by molar-refractivity contribution is 9.10. The molecule has 0 radical (unpaired) electrons. The molecule has 2 amide bonds. The molecule has 8 heteroatoms. The fraction of sp³-hybridized carbons (Fsp3) is 0.353. The molecule has 134 valence electrons. The number of benzene rings is 1. The molecular weight excluding hydrogens is 410 g/mol. The van der Waals surface area contributed by atoms with Gasteiger partial charge in [-0.15, -0.1) is 0 Å². The first-order valence-corrected chi connectivity index (χ1v) is 9.30. The lowest BCUT2D eigenvalue weighted by atomic mass is 10.2. The molecule has 2 rings (SSSR count). The van der Waals surface area contributed by atoms with Gasteiger partial charge >= 0.3 is 5.97 Å². The van der Waals surface area contributed by atoms with Crippen molar-refractivity contribution in [3.05, 3.63) is 33.1 Å². The van der Waals surface area contributed by atoms with Gasteiger partial charge < -0.3 is 9.47 Å². The molecule has 0 aromatic heterocycles. The molecule has 1 aromatic carbocycles. The van der Waals surface area contributed by atoms with E-state index in [4.69, 9.17) is 9.47 Å². The summed E-state index contributed by atoms with van der Waals surface area (Å²) in [4.78, 5) is 37.4. The average Bonchev–Trinajstić information content (AvgIpc) is 2.77. The number of nitrogens with zero attached hydrogens (tertiary/aromatic N) is 1. The first-order valence-electron chi connectivity index (χ1n) is 7.69. The van der Waals surface area contributed by atoms with Crippen molar-refractivity contribution in [3.8, 4) is 5.75 Å². The highest BCUT2D eigenvalue weighted by Crippen LogP contribution is 2.34. The molecule has 1 heterocycles. The smallest absolute Gasteiger partial charge is 0.326 e. The van der Waals surface area contributed by atoms with Crippen LogP contribution in [-0.2, 0) is 14.3 Å². The van der Waals surface area contributed by atoms with Crippen LogP contribution in [0.5, 0.6) is 5.75 Å². The molecule has 1 aromatic rings. The molecule has 0 spiro atoms. The molecule has 1 aliphatic rings. The number of esters is 1. The summed E-state index contributed by atoms with van der Waals surface area (Å²) < 4.78 is 11.4. The van der Waals surface area contributed by atoms with Crippen molar-refractivity contribution < 1.29 is 23.9 Å². The Labute approximate surface area is 158 Å². The third kappa shape index (κ3) is 5.09. The topological polar surface area (TPSA) is 72.9 Å². The number of ether oxygens (including phenoxy) is 2. The summed E-state index contributed by atoms with van der Waals surface area (Å²) in [5, 5.41) is -0.495. The van der Waals surface area contributed by atoms with Gasteiger partial charge in [-0.3, -0.25) is 19.3 Å². The SMILES string of the molecule is CCOc1ccc(Br)cc1/C=C1/SC(=O)N(CC(=O)OC(C)C)C1=O. The van der Waals surface area contributed by atoms with E-state index in [1.165, 1.54) is 0 Å². The largest absolute Gasteiger partial charge is 0.493 e. The molecule has 0 N–H and O–H groups in total. The average molecular weight is 428 g/mol. The van der Waals surface area contributed by atoms with E-state index in [1.807, 2.05) is 13.0 Å². The Hall–Kier alpha value is -1.80. The molecule has 1 aliphatic heterocycles. The second-order valence-corrected chi connectivity index (χ2v) is 7.33. The summed E-state index contributed by atoms with van der Waals surface area (Å²) in [5.41, 5.74) is 0.673. The zero-order valence-electron chi connectivity index (χ0n) is 14.1. The van der Waals surface area contributed by atoms with E-state index in [1.54, 1.807) is 32.1 Å². The van der Waals surface area contributed by atoms with Crippen molar-refractivity contribution in [1.29, 1.82) is 0 Å². The van der Waals surface area contributed by atoms with E-state index >= 15 is 0 Å². The van der Waals surface area contributed by atoms with Gasteiger partial charge in [-0.05, 0) is 56.8 Å². The second-order valence-electron chi connectivity index (χ2n) is 5.42. The molecular formula is C17H18BrNO5S. The molecule has 25 heavy (non-hydrogen) atoms. The molecule has 1 saturated heterocycles. The van der Waals surface area contributed by atoms with E-state index in [9.17, 15) is 14.4 Å². The Kier molecular flexibility index (Phi) is 6.66. The zero-order valence-corrected chi connectivity index (χ0v) is 16.5. The maximum absolute atomic E-state index is 12.5. The van der Waals surface area contributed by atoms with E-state index < -0.39 is 23.7 Å². The van der Waals surface area contributed by atoms with Crippen LogP contribution in [0, 0.1) is 0 Å². The minimum atomic E-state index is -0.615. The number of carbonyl (C=O) groups is 3. The van der Waals surface area contributed by atoms with Gasteiger partial charge in [0.05, 0.1) is 17.6 Å². The van der Waals surface area contributed by atoms with E-state index in [0.717, 1.165) is 21.1 Å². The molecule has 0 aliphatic carbocycles. The van der Waals surface area contributed by atoms with Gasteiger partial charge in [-0.1, -0.05) is 15.9 Å². The number of hydrogen-bond acceptors (Lipinski definition) is 6. The molecule has 6 nitrogen and oxygen atoms in total. The van der Waals surface area contributed by atoms with Crippen LogP contribution in [0.3, 0.4) is 0 Å². The Morgan fingerprint density at radius 2 is 2.08 bits per heavy atom. The Morgan fingerprint density at radius 3 is 2.72 bits per heavy atom. The Balaban J connectivity index is 2.23. The van der Waals surface area contributed by atoms with Crippen LogP contribution in [-0.4, -0.2) is 41.3 Å². The minimum Gasteiger partial charge on any atom is -0.493 e. The summed E-state index contributed by atoms with van der Waals surface area (Å²) in [5.74, 6) is -0.522. The molecule has 0 bridgehead atoms. The third-order valence-corrected chi connectivity index (χ3v) is 4.49. The monoisotopic (exact) mass is 427 g/mol. The van der Waals surface area contributed by atoms with Crippen molar-refractivity contribution in [2.45, 2.75) is 26.9 Å². The number of rotatable bonds is 6. The maximum Gasteiger partial charge on any atom is 0.326 e. The summed E-state index contributed by atoms with van der Waals surface area (Å²) >= 11 is 4.17. The fourth-order valence-corrected chi connectivity index (χ4v) is 3.33. The standard InChI is InChI=1S/C17H18BrNO5S/c1-4-23-13-6-5-12(18)7-11(13)8-14-16(21)19(17(22)25-14)9-15(20)24-10(2)3/h5-8,10H,4,9H2,1-3H3/b14-8+. The van der Waals surface area contributed by atoms with E-state index in [-0.39, 0.29) is 11.0 Å². The number of imide groups is 1. The van der Waals surface area contributed by atoms with Gasteiger partial charge in [0, 0.05) is 10.0 Å². The van der Waals surface area contributed by atoms with Crippen LogP contribution >= 0.6 is 27.7 Å². The summed E-state index contributed by atoms with van der Waals surface area (Å²) in [7, 11) is 0. The number of halogens is 1. The van der Waals surface area contributed by atoms with Crippen LogP contribution in [0.2, 0.25) is 0 Å². The quantitative estimate of drug-likeness (QED) is 0.507. The minimum absolute atomic E-state index is 0.237. The summed E-state index contributed by atoms with van der Waals surface area (Å²) in [6.07, 6.45) is 1.28. The van der Waals surface area contributed by atoms with Gasteiger partial charge in [0.1, 0.15) is 12.3 Å². The van der Waals surface area contributed by atoms with Gasteiger partial charge in [0.2, 0.25) is 0 Å². The lowest BCUT2D eigenvalue weighted by molar-refractivity contribution is -0.149. The lowest BCUT2D eigenvalue weighted by Gasteiger charge is -2.13. The first-order chi connectivity index (χ1) is 11.8. The van der Waals surface area contributed by atoms with Gasteiger partial charge in [-0.25, -0.2) is 0 Å². The molecule has 0 unspecified atom stereocenters. The fourth-order valence-electron chi connectivity index (χ4n) is 2.13. The number of hydrogen-bond donors (Lipinski definition) is 0. The normalized spacial score (nSPS) is 16.0. The van der Waals surface area contributed by atoms with Gasteiger partial charge in [-0.2, -0.15) is 0 Å². The Morgan fingerprint density at radius 1 is 1.36 bits per heavy atom. The van der Waals surface area contributed by atoms with Crippen LogP contribution in [0.25, 0.3) is 6.08 Å². The highest BCUT2D eigenvalue weighted by atomic mass is 79.9. The third-order valence-electron chi connectivity index (χ3n) is 3.09. The van der Waals surface area contributed by atoms with Gasteiger partial charge in [0.25, 0.3) is 11.1 Å². The zero-order chi connectivity index (χ0) is 18.6. The summed E-state index contributed by atoms with van der Waals surface area (Å²) in [6.45, 7) is 5.35. The van der Waals surface area contributed by atoms with Crippen molar-refractivity contribution in [1.82, 2.24) is 4.90 Å². The van der Waals surface area contributed by atoms with Crippen LogP contribution in [0.15, 0.2) is 27.6 Å². The highest BCUT2D eigenvalue weighted by Gasteiger charge is 2.37. The maximum atomic E-state index is 12.5. The second kappa shape index (κ2) is 8.53. The van der Waals surface area contributed by atoms with Crippen LogP contribution in [0.1, 0.15) is 26.3 Å². The molecule has 0 saturated carbocycles. The predicted molar refractivity (Wildman–Crippen MR) is 99.2 cm³/mol. The van der Waals surface area contributed by atoms with Crippen LogP contribution < -0.4 is 4.74 Å². The van der Waals surface area contributed by atoms with Crippen molar-refractivity contribution in [3.63, 3.8) is 0 Å². The number of amides is 2. The summed E-state index contributed by atoms with van der Waals surface area (Å²) in [6, 6.07) is 5.41. The van der Waals surface area contributed by atoms with Crippen LogP contribution in [0.4, 0.5) is 4.79 Å². The first kappa shape index (κ1) is 19.5. The number of carbonyl (C=O) groups excluding carboxylic acids is 3. The number of thioether (sulfide) groups is 1. The van der Waals surface area contributed by atoms with E-state index in [2.05, 4.69) is 15.9 Å². The molecule has 0 atom stereocenters. The molecule has 1 fully saturated rings. The Bertz CT molecular complexity index is 732. The van der Waals surface area contributed by atoms with Gasteiger partial charge in [0.15, 0.2) is 0 Å².